The van der Waals surface area contributed by atoms with E-state index in [1.807, 2.05) is 12.2 Å². The van der Waals surface area contributed by atoms with Gasteiger partial charge in [0.15, 0.2) is 0 Å². The van der Waals surface area contributed by atoms with Crippen molar-refractivity contribution >= 4 is 14.0 Å². The van der Waals surface area contributed by atoms with E-state index in [-0.39, 0.29) is 0 Å². The molecule has 0 amide bonds. The predicted molar refractivity (Wildman–Crippen MR) is 66.6 cm³/mol. The van der Waals surface area contributed by atoms with Gasteiger partial charge in [0.05, 0.1) is 8.80 Å². The molecule has 1 rings (SSSR count). The standard InChI is InChI=1S/C13H17Si/c1-4-10-14(11-5-2)13-9-7-6-8-12(13)3/h4-9H,1-2,10-11H2,3H3. The van der Waals surface area contributed by atoms with Gasteiger partial charge in [-0.25, -0.2) is 0 Å². The molecule has 1 radical (unpaired) electrons. The van der Waals surface area contributed by atoms with Crippen LogP contribution in [0.1, 0.15) is 5.56 Å². The van der Waals surface area contributed by atoms with E-state index in [1.54, 1.807) is 0 Å². The molecular weight excluding hydrogens is 184 g/mol. The molecule has 0 aliphatic carbocycles. The van der Waals surface area contributed by atoms with Gasteiger partial charge in [0.2, 0.25) is 0 Å². The molecule has 0 atom stereocenters. The van der Waals surface area contributed by atoms with Gasteiger partial charge in [-0.3, -0.25) is 0 Å². The second-order valence-electron chi connectivity index (χ2n) is 3.40. The number of allylic oxidation sites excluding steroid dienone is 2. The molecule has 73 valence electrons. The van der Waals surface area contributed by atoms with Gasteiger partial charge in [-0.15, -0.1) is 13.2 Å². The van der Waals surface area contributed by atoms with Crippen molar-refractivity contribution in [3.63, 3.8) is 0 Å². The number of hydrogen-bond acceptors (Lipinski definition) is 0. The molecular formula is C13H17Si. The van der Waals surface area contributed by atoms with Crippen LogP contribution in [0.15, 0.2) is 49.6 Å². The Morgan fingerprint density at radius 2 is 1.71 bits per heavy atom. The average molecular weight is 201 g/mol. The highest BCUT2D eigenvalue weighted by Crippen LogP contribution is 2.05. The summed E-state index contributed by atoms with van der Waals surface area (Å²) in [5.74, 6) is 0. The predicted octanol–water partition coefficient (Wildman–Crippen LogP) is 3.07. The van der Waals surface area contributed by atoms with Gasteiger partial charge in [-0.1, -0.05) is 47.2 Å². The van der Waals surface area contributed by atoms with E-state index in [0.29, 0.717) is 0 Å². The Hall–Kier alpha value is -1.08. The number of rotatable bonds is 5. The normalized spacial score (nSPS) is 10.1. The minimum Gasteiger partial charge on any atom is -0.103 e. The van der Waals surface area contributed by atoms with Crippen LogP contribution in [0.4, 0.5) is 0 Å². The first kappa shape index (κ1) is 11.0. The first-order chi connectivity index (χ1) is 6.79. The largest absolute Gasteiger partial charge is 0.103 e. The van der Waals surface area contributed by atoms with Crippen molar-refractivity contribution in [3.8, 4) is 0 Å². The van der Waals surface area contributed by atoms with Crippen LogP contribution in [0.5, 0.6) is 0 Å². The number of benzene rings is 1. The van der Waals surface area contributed by atoms with Crippen LogP contribution in [0, 0.1) is 6.92 Å². The summed E-state index contributed by atoms with van der Waals surface area (Å²) in [6.45, 7) is 9.84. The third-order valence-corrected chi connectivity index (χ3v) is 5.19. The molecule has 14 heavy (non-hydrogen) atoms. The topological polar surface area (TPSA) is 0 Å². The molecule has 0 fully saturated rings. The molecule has 0 saturated heterocycles. The maximum atomic E-state index is 3.83. The minimum atomic E-state index is -0.490. The van der Waals surface area contributed by atoms with Crippen molar-refractivity contribution in [1.29, 1.82) is 0 Å². The third-order valence-electron chi connectivity index (χ3n) is 2.31. The lowest BCUT2D eigenvalue weighted by Crippen LogP contribution is -2.30. The second kappa shape index (κ2) is 5.61. The summed E-state index contributed by atoms with van der Waals surface area (Å²) in [6.07, 6.45) is 4.06. The second-order valence-corrected chi connectivity index (χ2v) is 5.97. The Kier molecular flexibility index (Phi) is 4.40. The lowest BCUT2D eigenvalue weighted by Gasteiger charge is -2.13. The molecule has 0 saturated carbocycles. The molecule has 0 heterocycles. The maximum Gasteiger partial charge on any atom is 0.0938 e. The summed E-state index contributed by atoms with van der Waals surface area (Å²) in [7, 11) is -0.490. The van der Waals surface area contributed by atoms with Gasteiger partial charge in [0.25, 0.3) is 0 Å². The summed E-state index contributed by atoms with van der Waals surface area (Å²) in [4.78, 5) is 0. The molecule has 0 N–H and O–H groups in total. The van der Waals surface area contributed by atoms with Crippen LogP contribution in [0.2, 0.25) is 12.1 Å². The Morgan fingerprint density at radius 3 is 2.21 bits per heavy atom. The van der Waals surface area contributed by atoms with Crippen LogP contribution in [-0.4, -0.2) is 8.80 Å². The van der Waals surface area contributed by atoms with E-state index in [9.17, 15) is 0 Å². The summed E-state index contributed by atoms with van der Waals surface area (Å²) < 4.78 is 0. The molecule has 1 heteroatoms. The van der Waals surface area contributed by atoms with Crippen molar-refractivity contribution in [2.24, 2.45) is 0 Å². The monoisotopic (exact) mass is 201 g/mol. The molecule has 0 bridgehead atoms. The molecule has 0 aliphatic rings. The number of aryl methyl sites for hydroxylation is 1. The Balaban J connectivity index is 2.91. The molecule has 0 nitrogen and oxygen atoms in total. The van der Waals surface area contributed by atoms with Gasteiger partial charge in [0.1, 0.15) is 0 Å². The van der Waals surface area contributed by atoms with Crippen LogP contribution < -0.4 is 5.19 Å². The van der Waals surface area contributed by atoms with E-state index in [4.69, 9.17) is 0 Å². The highest BCUT2D eigenvalue weighted by molar-refractivity contribution is 6.74. The minimum absolute atomic E-state index is 0.490. The van der Waals surface area contributed by atoms with Gasteiger partial charge >= 0.3 is 0 Å². The summed E-state index contributed by atoms with van der Waals surface area (Å²) >= 11 is 0. The zero-order valence-electron chi connectivity index (χ0n) is 8.79. The Bertz CT molecular complexity index is 305. The molecule has 1 aromatic rings. The summed E-state index contributed by atoms with van der Waals surface area (Å²) in [5.41, 5.74) is 1.41. The van der Waals surface area contributed by atoms with E-state index in [2.05, 4.69) is 44.3 Å². The van der Waals surface area contributed by atoms with E-state index >= 15 is 0 Å². The highest BCUT2D eigenvalue weighted by atomic mass is 28.3. The van der Waals surface area contributed by atoms with Crippen molar-refractivity contribution in [1.82, 2.24) is 0 Å². The lowest BCUT2D eigenvalue weighted by atomic mass is 10.2. The van der Waals surface area contributed by atoms with Crippen molar-refractivity contribution in [2.45, 2.75) is 19.0 Å². The van der Waals surface area contributed by atoms with E-state index in [1.165, 1.54) is 10.8 Å². The first-order valence-corrected chi connectivity index (χ1v) is 6.83. The van der Waals surface area contributed by atoms with Crippen LogP contribution in [-0.2, 0) is 0 Å². The fourth-order valence-electron chi connectivity index (χ4n) is 1.62. The van der Waals surface area contributed by atoms with E-state index < -0.39 is 8.80 Å². The molecule has 0 spiro atoms. The zero-order valence-corrected chi connectivity index (χ0v) is 9.79. The summed E-state index contributed by atoms with van der Waals surface area (Å²) in [6, 6.07) is 10.9. The Morgan fingerprint density at radius 1 is 1.14 bits per heavy atom. The van der Waals surface area contributed by atoms with Gasteiger partial charge in [-0.2, -0.15) is 0 Å². The van der Waals surface area contributed by atoms with Crippen LogP contribution in [0.25, 0.3) is 0 Å². The van der Waals surface area contributed by atoms with E-state index in [0.717, 1.165) is 12.1 Å². The fourth-order valence-corrected chi connectivity index (χ4v) is 3.90. The maximum absolute atomic E-state index is 3.83. The third kappa shape index (κ3) is 2.71. The van der Waals surface area contributed by atoms with Crippen LogP contribution >= 0.6 is 0 Å². The Labute approximate surface area is 88.6 Å². The molecule has 1 aromatic carbocycles. The summed E-state index contributed by atoms with van der Waals surface area (Å²) in [5, 5.41) is 1.53. The van der Waals surface area contributed by atoms with Gasteiger partial charge in [0, 0.05) is 0 Å². The molecule has 0 aromatic heterocycles. The van der Waals surface area contributed by atoms with Crippen molar-refractivity contribution in [3.05, 3.63) is 55.1 Å². The SMILES string of the molecule is C=CC[Si](CC=C)c1ccccc1C. The molecule has 0 unspecified atom stereocenters. The van der Waals surface area contributed by atoms with Gasteiger partial charge in [-0.05, 0) is 19.0 Å². The quantitative estimate of drug-likeness (QED) is 0.507. The van der Waals surface area contributed by atoms with Crippen molar-refractivity contribution < 1.29 is 0 Å². The smallest absolute Gasteiger partial charge is 0.0938 e. The number of hydrogen-bond donors (Lipinski definition) is 0. The fraction of sp³-hybridized carbons (Fsp3) is 0.231. The highest BCUT2D eigenvalue weighted by Gasteiger charge is 2.11. The van der Waals surface area contributed by atoms with Crippen LogP contribution in [0.3, 0.4) is 0 Å². The van der Waals surface area contributed by atoms with Crippen molar-refractivity contribution in [2.75, 3.05) is 0 Å². The first-order valence-electron chi connectivity index (χ1n) is 4.92. The van der Waals surface area contributed by atoms with Gasteiger partial charge < -0.3 is 0 Å². The molecule has 0 aliphatic heterocycles. The average Bonchev–Trinajstić information content (AvgIpc) is 2.18. The lowest BCUT2D eigenvalue weighted by molar-refractivity contribution is 1.47. The zero-order chi connectivity index (χ0) is 10.4.